The van der Waals surface area contributed by atoms with Gasteiger partial charge in [-0.1, -0.05) is 48.5 Å². The third-order valence-corrected chi connectivity index (χ3v) is 3.67. The summed E-state index contributed by atoms with van der Waals surface area (Å²) in [7, 11) is 0. The Morgan fingerprint density at radius 3 is 2.48 bits per heavy atom. The largest absolute Gasteiger partial charge is 0.488 e. The number of carbonyl (C=O) groups excluding carboxylic acids is 1. The molecule has 0 unspecified atom stereocenters. The summed E-state index contributed by atoms with van der Waals surface area (Å²) < 4.78 is 5.96. The van der Waals surface area contributed by atoms with Crippen molar-refractivity contribution in [3.8, 4) is 5.75 Å². The summed E-state index contributed by atoms with van der Waals surface area (Å²) in [5.74, 6) is 1.07. The van der Waals surface area contributed by atoms with Crippen molar-refractivity contribution < 1.29 is 9.53 Å². The van der Waals surface area contributed by atoms with Crippen molar-refractivity contribution in [2.45, 2.75) is 25.9 Å². The number of ether oxygens (including phenoxy) is 1. The molecule has 106 valence electrons. The quantitative estimate of drug-likeness (QED) is 0.828. The number of ketones is 1. The van der Waals surface area contributed by atoms with E-state index in [0.29, 0.717) is 13.0 Å². The molecular weight excluding hydrogens is 260 g/mol. The fourth-order valence-corrected chi connectivity index (χ4v) is 2.60. The Morgan fingerprint density at radius 1 is 0.905 bits per heavy atom. The lowest BCUT2D eigenvalue weighted by molar-refractivity contribution is -0.114. The molecule has 0 spiro atoms. The maximum atomic E-state index is 11.6. The van der Waals surface area contributed by atoms with Crippen LogP contribution in [0.15, 0.2) is 60.7 Å². The zero-order valence-electron chi connectivity index (χ0n) is 11.9. The average molecular weight is 278 g/mol. The third-order valence-electron chi connectivity index (χ3n) is 3.67. The second-order valence-corrected chi connectivity index (χ2v) is 5.26. The number of allylic oxidation sites excluding steroid dienone is 2. The van der Waals surface area contributed by atoms with E-state index in [2.05, 4.69) is 0 Å². The summed E-state index contributed by atoms with van der Waals surface area (Å²) in [5, 5.41) is 0. The van der Waals surface area contributed by atoms with Gasteiger partial charge in [0.1, 0.15) is 12.4 Å². The first-order valence-electron chi connectivity index (χ1n) is 7.32. The minimum atomic E-state index is 0.217. The van der Waals surface area contributed by atoms with Crippen LogP contribution in [0.4, 0.5) is 0 Å². The summed E-state index contributed by atoms with van der Waals surface area (Å²) in [6, 6.07) is 18.1. The first kappa shape index (κ1) is 13.6. The van der Waals surface area contributed by atoms with E-state index in [-0.39, 0.29) is 5.78 Å². The fourth-order valence-electron chi connectivity index (χ4n) is 2.60. The van der Waals surface area contributed by atoms with Gasteiger partial charge in [0.25, 0.3) is 0 Å². The molecular formula is C19H18O2. The van der Waals surface area contributed by atoms with Crippen LogP contribution >= 0.6 is 0 Å². The molecule has 2 nitrogen and oxygen atoms in total. The Balaban J connectivity index is 1.81. The van der Waals surface area contributed by atoms with Gasteiger partial charge in [0.05, 0.1) is 0 Å². The zero-order valence-corrected chi connectivity index (χ0v) is 11.9. The SMILES string of the molecule is O=C1C=C(c2ccccc2OCc2ccccc2)CCC1. The third kappa shape index (κ3) is 3.40. The van der Waals surface area contributed by atoms with E-state index in [9.17, 15) is 4.79 Å². The van der Waals surface area contributed by atoms with Crippen LogP contribution in [0.1, 0.15) is 30.4 Å². The van der Waals surface area contributed by atoms with Gasteiger partial charge < -0.3 is 4.74 Å². The second-order valence-electron chi connectivity index (χ2n) is 5.26. The Hall–Kier alpha value is -2.35. The lowest BCUT2D eigenvalue weighted by atomic mass is 9.92. The highest BCUT2D eigenvalue weighted by molar-refractivity contribution is 5.98. The molecule has 0 amide bonds. The van der Waals surface area contributed by atoms with Crippen LogP contribution in [0.2, 0.25) is 0 Å². The zero-order chi connectivity index (χ0) is 14.5. The van der Waals surface area contributed by atoms with Gasteiger partial charge in [0.15, 0.2) is 5.78 Å². The highest BCUT2D eigenvalue weighted by atomic mass is 16.5. The normalized spacial score (nSPS) is 14.7. The van der Waals surface area contributed by atoms with Crippen molar-refractivity contribution in [3.63, 3.8) is 0 Å². The van der Waals surface area contributed by atoms with Crippen LogP contribution in [0, 0.1) is 0 Å². The van der Waals surface area contributed by atoms with E-state index in [1.165, 1.54) is 0 Å². The number of carbonyl (C=O) groups is 1. The highest BCUT2D eigenvalue weighted by Gasteiger charge is 2.14. The maximum absolute atomic E-state index is 11.6. The van der Waals surface area contributed by atoms with E-state index in [4.69, 9.17) is 4.74 Å². The molecule has 0 aliphatic heterocycles. The molecule has 0 bridgehead atoms. The number of benzene rings is 2. The van der Waals surface area contributed by atoms with E-state index in [1.807, 2.05) is 54.6 Å². The van der Waals surface area contributed by atoms with Crippen LogP contribution < -0.4 is 4.74 Å². The number of para-hydroxylation sites is 1. The van der Waals surface area contributed by atoms with Gasteiger partial charge in [-0.05, 0) is 36.1 Å². The lowest BCUT2D eigenvalue weighted by Gasteiger charge is -2.16. The van der Waals surface area contributed by atoms with E-state index < -0.39 is 0 Å². The van der Waals surface area contributed by atoms with Crippen molar-refractivity contribution in [1.82, 2.24) is 0 Å². The average Bonchev–Trinajstić information content (AvgIpc) is 2.54. The molecule has 0 aromatic heterocycles. The molecule has 3 rings (SSSR count). The molecule has 0 N–H and O–H groups in total. The summed E-state index contributed by atoms with van der Waals surface area (Å²) in [4.78, 5) is 11.6. The van der Waals surface area contributed by atoms with Crippen molar-refractivity contribution >= 4 is 11.4 Å². The molecule has 0 saturated carbocycles. The van der Waals surface area contributed by atoms with Gasteiger partial charge in [-0.15, -0.1) is 0 Å². The lowest BCUT2D eigenvalue weighted by Crippen LogP contribution is -2.04. The van der Waals surface area contributed by atoms with Gasteiger partial charge in [-0.2, -0.15) is 0 Å². The minimum Gasteiger partial charge on any atom is -0.488 e. The smallest absolute Gasteiger partial charge is 0.155 e. The molecule has 2 aromatic carbocycles. The summed E-state index contributed by atoms with van der Waals surface area (Å²) in [5.41, 5.74) is 3.28. The first-order valence-corrected chi connectivity index (χ1v) is 7.32. The predicted octanol–water partition coefficient (Wildman–Crippen LogP) is 4.40. The van der Waals surface area contributed by atoms with Gasteiger partial charge >= 0.3 is 0 Å². The highest BCUT2D eigenvalue weighted by Crippen LogP contribution is 2.32. The molecule has 0 saturated heterocycles. The monoisotopic (exact) mass is 278 g/mol. The first-order chi connectivity index (χ1) is 10.3. The standard InChI is InChI=1S/C19H18O2/c20-17-10-6-9-16(13-17)18-11-4-5-12-19(18)21-14-15-7-2-1-3-8-15/h1-5,7-8,11-13H,6,9-10,14H2. The maximum Gasteiger partial charge on any atom is 0.155 e. The van der Waals surface area contributed by atoms with Crippen LogP contribution in [0.3, 0.4) is 0 Å². The Morgan fingerprint density at radius 2 is 1.67 bits per heavy atom. The Kier molecular flexibility index (Phi) is 4.15. The van der Waals surface area contributed by atoms with Gasteiger partial charge in [-0.25, -0.2) is 0 Å². The summed E-state index contributed by atoms with van der Waals surface area (Å²) in [6.07, 6.45) is 4.31. The van der Waals surface area contributed by atoms with Gasteiger partial charge in [-0.3, -0.25) is 4.79 Å². The van der Waals surface area contributed by atoms with E-state index >= 15 is 0 Å². The van der Waals surface area contributed by atoms with Crippen molar-refractivity contribution in [1.29, 1.82) is 0 Å². The molecule has 0 radical (unpaired) electrons. The van der Waals surface area contributed by atoms with E-state index in [0.717, 1.165) is 35.3 Å². The molecule has 0 atom stereocenters. The molecule has 0 fully saturated rings. The molecule has 1 aliphatic rings. The van der Waals surface area contributed by atoms with Crippen LogP contribution in [-0.4, -0.2) is 5.78 Å². The molecule has 2 heteroatoms. The minimum absolute atomic E-state index is 0.217. The second kappa shape index (κ2) is 6.40. The van der Waals surface area contributed by atoms with Crippen molar-refractivity contribution in [3.05, 3.63) is 71.8 Å². The van der Waals surface area contributed by atoms with Crippen LogP contribution in [0.25, 0.3) is 5.57 Å². The number of rotatable bonds is 4. The molecule has 21 heavy (non-hydrogen) atoms. The van der Waals surface area contributed by atoms with Crippen LogP contribution in [-0.2, 0) is 11.4 Å². The number of hydrogen-bond acceptors (Lipinski definition) is 2. The molecule has 1 aliphatic carbocycles. The van der Waals surface area contributed by atoms with Gasteiger partial charge in [0, 0.05) is 12.0 Å². The summed E-state index contributed by atoms with van der Waals surface area (Å²) in [6.45, 7) is 0.541. The summed E-state index contributed by atoms with van der Waals surface area (Å²) >= 11 is 0. The van der Waals surface area contributed by atoms with Crippen molar-refractivity contribution in [2.75, 3.05) is 0 Å². The van der Waals surface area contributed by atoms with Gasteiger partial charge in [0.2, 0.25) is 0 Å². The van der Waals surface area contributed by atoms with E-state index in [1.54, 1.807) is 6.08 Å². The number of hydrogen-bond donors (Lipinski definition) is 0. The van der Waals surface area contributed by atoms with Crippen LogP contribution in [0.5, 0.6) is 5.75 Å². The topological polar surface area (TPSA) is 26.3 Å². The molecule has 2 aromatic rings. The predicted molar refractivity (Wildman–Crippen MR) is 84.1 cm³/mol. The molecule has 0 heterocycles. The Labute approximate surface area is 125 Å². The van der Waals surface area contributed by atoms with Crippen molar-refractivity contribution in [2.24, 2.45) is 0 Å². The Bertz CT molecular complexity index is 656. The fraction of sp³-hybridized carbons (Fsp3) is 0.211.